The number of nitrogens with zero attached hydrogens (tertiary/aromatic N) is 2. The third-order valence-corrected chi connectivity index (χ3v) is 3.66. The minimum Gasteiger partial charge on any atom is -0.494 e. The average molecular weight is 299 g/mol. The van der Waals surface area contributed by atoms with E-state index in [1.165, 1.54) is 6.08 Å². The molecule has 0 aromatic heterocycles. The summed E-state index contributed by atoms with van der Waals surface area (Å²) >= 11 is 0. The third-order valence-electron chi connectivity index (χ3n) is 3.66. The number of rotatable bonds is 3. The Bertz CT molecular complexity index is 713. The number of ether oxygens (including phenoxy) is 1. The van der Waals surface area contributed by atoms with Crippen molar-refractivity contribution in [2.45, 2.75) is 13.8 Å². The maximum absolute atomic E-state index is 11.7. The summed E-state index contributed by atoms with van der Waals surface area (Å²) < 4.78 is 5.43. The van der Waals surface area contributed by atoms with Gasteiger partial charge in [0.1, 0.15) is 11.4 Å². The van der Waals surface area contributed by atoms with Gasteiger partial charge in [-0.1, -0.05) is 0 Å². The highest BCUT2D eigenvalue weighted by atomic mass is 16.5. The van der Waals surface area contributed by atoms with Gasteiger partial charge in [-0.15, -0.1) is 0 Å². The van der Waals surface area contributed by atoms with Crippen molar-refractivity contribution in [1.29, 1.82) is 0 Å². The molecule has 0 bridgehead atoms. The van der Waals surface area contributed by atoms with Gasteiger partial charge in [0.25, 0.3) is 0 Å². The smallest absolute Gasteiger partial charge is 0.202 e. The second-order valence-electron chi connectivity index (χ2n) is 5.44. The van der Waals surface area contributed by atoms with Crippen molar-refractivity contribution in [3.8, 4) is 5.75 Å². The topological polar surface area (TPSA) is 67.9 Å². The molecule has 5 heteroatoms. The molecule has 5 nitrogen and oxygen atoms in total. The normalized spacial score (nSPS) is 16.9. The number of benzene rings is 1. The number of methoxy groups -OCH3 is 1. The van der Waals surface area contributed by atoms with E-state index < -0.39 is 0 Å². The van der Waals surface area contributed by atoms with Gasteiger partial charge in [-0.3, -0.25) is 4.79 Å². The van der Waals surface area contributed by atoms with E-state index in [4.69, 9.17) is 10.5 Å². The van der Waals surface area contributed by atoms with Crippen molar-refractivity contribution in [2.24, 2.45) is 10.7 Å². The van der Waals surface area contributed by atoms with Crippen molar-refractivity contribution in [1.82, 2.24) is 0 Å². The maximum atomic E-state index is 11.7. The molecule has 22 heavy (non-hydrogen) atoms. The van der Waals surface area contributed by atoms with Crippen LogP contribution in [0.1, 0.15) is 13.8 Å². The lowest BCUT2D eigenvalue weighted by Crippen LogP contribution is -2.21. The lowest BCUT2D eigenvalue weighted by Gasteiger charge is -2.17. The quantitative estimate of drug-likeness (QED) is 0.871. The summed E-state index contributed by atoms with van der Waals surface area (Å²) in [6.07, 6.45) is 1.52. The molecular weight excluding hydrogens is 278 g/mol. The van der Waals surface area contributed by atoms with Gasteiger partial charge in [0, 0.05) is 31.4 Å². The highest BCUT2D eigenvalue weighted by molar-refractivity contribution is 6.24. The number of anilines is 1. The summed E-state index contributed by atoms with van der Waals surface area (Å²) in [5.41, 5.74) is 10.0. The SMILES string of the molecule is COc1cc(N(C)C)ccc1N=C1C(C)=CC(=O)C(N)=C1C. The number of allylic oxidation sites excluding steroid dienone is 3. The summed E-state index contributed by atoms with van der Waals surface area (Å²) in [5, 5.41) is 0. The highest BCUT2D eigenvalue weighted by Crippen LogP contribution is 2.33. The molecule has 0 amide bonds. The van der Waals surface area contributed by atoms with Crippen LogP contribution in [-0.2, 0) is 4.79 Å². The summed E-state index contributed by atoms with van der Waals surface area (Å²) in [4.78, 5) is 18.4. The molecule has 0 aliphatic heterocycles. The summed E-state index contributed by atoms with van der Waals surface area (Å²) in [6, 6.07) is 5.79. The molecule has 0 unspecified atom stereocenters. The zero-order chi connectivity index (χ0) is 16.4. The van der Waals surface area contributed by atoms with E-state index in [1.807, 2.05) is 51.0 Å². The van der Waals surface area contributed by atoms with Gasteiger partial charge in [-0.05, 0) is 37.6 Å². The minimum atomic E-state index is -0.163. The fourth-order valence-corrected chi connectivity index (χ4v) is 2.28. The Labute approximate surface area is 130 Å². The summed E-state index contributed by atoms with van der Waals surface area (Å²) in [7, 11) is 5.55. The van der Waals surface area contributed by atoms with Gasteiger partial charge in [0.2, 0.25) is 5.78 Å². The molecule has 2 rings (SSSR count). The Morgan fingerprint density at radius 3 is 2.50 bits per heavy atom. The number of hydrogen-bond acceptors (Lipinski definition) is 5. The van der Waals surface area contributed by atoms with Crippen molar-refractivity contribution in [3.05, 3.63) is 41.1 Å². The maximum Gasteiger partial charge on any atom is 0.202 e. The Morgan fingerprint density at radius 1 is 1.23 bits per heavy atom. The van der Waals surface area contributed by atoms with Gasteiger partial charge in [0.15, 0.2) is 0 Å². The first-order valence-electron chi connectivity index (χ1n) is 6.99. The molecule has 0 fully saturated rings. The van der Waals surface area contributed by atoms with Gasteiger partial charge >= 0.3 is 0 Å². The van der Waals surface area contributed by atoms with Crippen LogP contribution in [0.15, 0.2) is 46.1 Å². The van der Waals surface area contributed by atoms with Gasteiger partial charge in [0.05, 0.1) is 18.5 Å². The highest BCUT2D eigenvalue weighted by Gasteiger charge is 2.20. The first-order chi connectivity index (χ1) is 10.3. The minimum absolute atomic E-state index is 0.163. The van der Waals surface area contributed by atoms with Crippen LogP contribution >= 0.6 is 0 Å². The van der Waals surface area contributed by atoms with E-state index >= 15 is 0 Å². The third kappa shape index (κ3) is 2.88. The zero-order valence-corrected chi connectivity index (χ0v) is 13.6. The lowest BCUT2D eigenvalue weighted by molar-refractivity contribution is -0.111. The molecule has 1 aliphatic carbocycles. The summed E-state index contributed by atoms with van der Waals surface area (Å²) in [6.45, 7) is 3.66. The van der Waals surface area contributed by atoms with E-state index in [0.717, 1.165) is 11.3 Å². The molecule has 1 aliphatic rings. The second-order valence-corrected chi connectivity index (χ2v) is 5.44. The number of carbonyl (C=O) groups is 1. The van der Waals surface area contributed by atoms with Gasteiger partial charge < -0.3 is 15.4 Å². The molecule has 0 saturated heterocycles. The Morgan fingerprint density at radius 2 is 1.91 bits per heavy atom. The van der Waals surface area contributed by atoms with E-state index in [-0.39, 0.29) is 11.5 Å². The van der Waals surface area contributed by atoms with Crippen molar-refractivity contribution >= 4 is 22.9 Å². The molecule has 0 heterocycles. The van der Waals surface area contributed by atoms with Crippen LogP contribution in [0.2, 0.25) is 0 Å². The first kappa shape index (κ1) is 15.8. The molecule has 116 valence electrons. The summed E-state index contributed by atoms with van der Waals surface area (Å²) in [5.74, 6) is 0.513. The van der Waals surface area contributed by atoms with Crippen molar-refractivity contribution in [2.75, 3.05) is 26.1 Å². The Balaban J connectivity index is 2.53. The molecule has 1 aromatic rings. The van der Waals surface area contributed by atoms with Crippen LogP contribution in [0, 0.1) is 0 Å². The number of aliphatic imine (C=N–C) groups is 1. The zero-order valence-electron chi connectivity index (χ0n) is 13.6. The predicted molar refractivity (Wildman–Crippen MR) is 90.1 cm³/mol. The van der Waals surface area contributed by atoms with Crippen LogP contribution in [0.25, 0.3) is 0 Å². The van der Waals surface area contributed by atoms with Gasteiger partial charge in [-0.25, -0.2) is 4.99 Å². The largest absolute Gasteiger partial charge is 0.494 e. The van der Waals surface area contributed by atoms with E-state index in [0.29, 0.717) is 22.7 Å². The monoisotopic (exact) mass is 299 g/mol. The number of nitrogens with two attached hydrogens (primary N) is 1. The molecule has 0 radical (unpaired) electrons. The van der Waals surface area contributed by atoms with E-state index in [1.54, 1.807) is 7.11 Å². The number of ketones is 1. The molecule has 0 spiro atoms. The molecule has 0 atom stereocenters. The first-order valence-corrected chi connectivity index (χ1v) is 6.99. The standard InChI is InChI=1S/C17H21N3O2/c1-10-8-14(21)16(18)11(2)17(10)19-13-7-6-12(20(3)4)9-15(13)22-5/h6-9H,18H2,1-5H3. The van der Waals surface area contributed by atoms with Crippen molar-refractivity contribution in [3.63, 3.8) is 0 Å². The fourth-order valence-electron chi connectivity index (χ4n) is 2.28. The molecular formula is C17H21N3O2. The molecule has 1 aromatic carbocycles. The van der Waals surface area contributed by atoms with Gasteiger partial charge in [-0.2, -0.15) is 0 Å². The van der Waals surface area contributed by atoms with E-state index in [2.05, 4.69) is 4.99 Å². The van der Waals surface area contributed by atoms with Crippen LogP contribution in [0.3, 0.4) is 0 Å². The Kier molecular flexibility index (Phi) is 4.35. The second kappa shape index (κ2) is 6.05. The fraction of sp³-hybridized carbons (Fsp3) is 0.294. The number of carbonyl (C=O) groups excluding carboxylic acids is 1. The lowest BCUT2D eigenvalue weighted by atomic mass is 9.94. The van der Waals surface area contributed by atoms with Crippen LogP contribution in [0.5, 0.6) is 5.75 Å². The molecule has 2 N–H and O–H groups in total. The predicted octanol–water partition coefficient (Wildman–Crippen LogP) is 2.60. The Hall–Kier alpha value is -2.56. The average Bonchev–Trinajstić information content (AvgIpc) is 2.49. The number of hydrogen-bond donors (Lipinski definition) is 1. The van der Waals surface area contributed by atoms with Crippen LogP contribution in [-0.4, -0.2) is 32.7 Å². The molecule has 0 saturated carbocycles. The van der Waals surface area contributed by atoms with E-state index in [9.17, 15) is 4.79 Å². The van der Waals surface area contributed by atoms with Crippen LogP contribution in [0.4, 0.5) is 11.4 Å². The van der Waals surface area contributed by atoms with Crippen molar-refractivity contribution < 1.29 is 9.53 Å². The van der Waals surface area contributed by atoms with Crippen LogP contribution < -0.4 is 15.4 Å².